The third-order valence-electron chi connectivity index (χ3n) is 11.4. The summed E-state index contributed by atoms with van der Waals surface area (Å²) in [7, 11) is 0. The summed E-state index contributed by atoms with van der Waals surface area (Å²) < 4.78 is 2.65. The van der Waals surface area contributed by atoms with Gasteiger partial charge in [0.2, 0.25) is 0 Å². The van der Waals surface area contributed by atoms with Crippen molar-refractivity contribution >= 4 is 0 Å². The smallest absolute Gasteiger partial charge is 0.247 e. The number of aromatic nitrogens is 2. The van der Waals surface area contributed by atoms with E-state index in [1.54, 1.807) is 5.82 Å². The number of aromatic amines is 1. The minimum atomic E-state index is 0.618. The van der Waals surface area contributed by atoms with Gasteiger partial charge in [-0.3, -0.25) is 0 Å². The summed E-state index contributed by atoms with van der Waals surface area (Å²) in [4.78, 5) is 3.77. The Balaban J connectivity index is 2.40. The summed E-state index contributed by atoms with van der Waals surface area (Å²) >= 11 is 0. The van der Waals surface area contributed by atoms with Crippen molar-refractivity contribution in [2.24, 2.45) is 0 Å². The predicted octanol–water partition coefficient (Wildman–Crippen LogP) is 16.4. The van der Waals surface area contributed by atoms with Crippen LogP contribution in [0.4, 0.5) is 0 Å². The molecule has 0 bridgehead atoms. The summed E-state index contributed by atoms with van der Waals surface area (Å²) in [6, 6.07) is 0.618. The fourth-order valence-electron chi connectivity index (χ4n) is 8.02. The SMILES string of the molecule is CCCCCCCCCCCCCCCC(CCCCCCCCCCCCCC)c1[nH]cc[n+]1C(C)CCCCCCCCCCC. The van der Waals surface area contributed by atoms with Crippen LogP contribution in [0.25, 0.3) is 0 Å². The monoisotopic (exact) mass is 672 g/mol. The zero-order valence-electron chi connectivity index (χ0n) is 33.9. The molecule has 0 saturated heterocycles. The molecule has 0 aliphatic carbocycles. The molecule has 0 spiro atoms. The van der Waals surface area contributed by atoms with Crippen molar-refractivity contribution in [3.63, 3.8) is 0 Å². The first-order chi connectivity index (χ1) is 23.7. The topological polar surface area (TPSA) is 19.7 Å². The minimum Gasteiger partial charge on any atom is -0.247 e. The second kappa shape index (κ2) is 36.0. The van der Waals surface area contributed by atoms with Crippen molar-refractivity contribution in [2.45, 2.75) is 277 Å². The second-order valence-corrected chi connectivity index (χ2v) is 16.1. The highest BCUT2D eigenvalue weighted by Crippen LogP contribution is 2.27. The van der Waals surface area contributed by atoms with Crippen LogP contribution in [0.1, 0.15) is 283 Å². The normalized spacial score (nSPS) is 13.0. The highest BCUT2D eigenvalue weighted by molar-refractivity contribution is 4.90. The van der Waals surface area contributed by atoms with Gasteiger partial charge in [0.25, 0.3) is 5.82 Å². The zero-order valence-corrected chi connectivity index (χ0v) is 33.9. The first-order valence-electron chi connectivity index (χ1n) is 22.8. The first-order valence-corrected chi connectivity index (χ1v) is 22.8. The van der Waals surface area contributed by atoms with E-state index in [-0.39, 0.29) is 0 Å². The lowest BCUT2D eigenvalue weighted by Gasteiger charge is -2.17. The van der Waals surface area contributed by atoms with Crippen molar-refractivity contribution in [1.29, 1.82) is 0 Å². The van der Waals surface area contributed by atoms with E-state index in [1.807, 2.05) is 0 Å². The standard InChI is InChI=1S/C46H90N2/c1-5-8-11-14-17-20-22-24-26-29-32-35-38-41-45(40-37-34-31-28-25-23-21-18-15-12-9-6-2)46-47-42-43-48(46)44(4)39-36-33-30-27-19-16-13-10-7-3/h42-45H,5-41H2,1-4H3/p+1. The summed E-state index contributed by atoms with van der Waals surface area (Å²) in [5.74, 6) is 2.25. The third kappa shape index (κ3) is 27.0. The van der Waals surface area contributed by atoms with E-state index in [0.29, 0.717) is 12.0 Å². The van der Waals surface area contributed by atoms with Gasteiger partial charge < -0.3 is 0 Å². The second-order valence-electron chi connectivity index (χ2n) is 16.1. The molecule has 1 N–H and O–H groups in total. The van der Waals surface area contributed by atoms with Gasteiger partial charge in [0, 0.05) is 0 Å². The van der Waals surface area contributed by atoms with Gasteiger partial charge in [0.05, 0.1) is 12.0 Å². The molecule has 1 heterocycles. The van der Waals surface area contributed by atoms with Crippen LogP contribution < -0.4 is 4.57 Å². The van der Waals surface area contributed by atoms with Gasteiger partial charge in [-0.1, -0.05) is 233 Å². The molecule has 2 heteroatoms. The number of H-pyrrole nitrogens is 1. The lowest BCUT2D eigenvalue weighted by molar-refractivity contribution is -0.727. The number of unbranched alkanes of at least 4 members (excludes halogenated alkanes) is 31. The Bertz CT molecular complexity index is 738. The molecule has 2 nitrogen and oxygen atoms in total. The fourth-order valence-corrected chi connectivity index (χ4v) is 8.02. The molecule has 284 valence electrons. The largest absolute Gasteiger partial charge is 0.257 e. The number of imidazole rings is 1. The van der Waals surface area contributed by atoms with E-state index in [4.69, 9.17) is 0 Å². The van der Waals surface area contributed by atoms with Gasteiger partial charge in [-0.25, -0.2) is 9.55 Å². The molecule has 1 aromatic heterocycles. The van der Waals surface area contributed by atoms with Crippen LogP contribution in [0.2, 0.25) is 0 Å². The number of hydrogen-bond donors (Lipinski definition) is 1. The molecular weight excluding hydrogens is 581 g/mol. The Labute approximate surface area is 304 Å². The van der Waals surface area contributed by atoms with Crippen molar-refractivity contribution in [3.8, 4) is 0 Å². The van der Waals surface area contributed by atoms with Gasteiger partial charge >= 0.3 is 0 Å². The molecule has 2 unspecified atom stereocenters. The van der Waals surface area contributed by atoms with Crippen molar-refractivity contribution in [2.75, 3.05) is 0 Å². The summed E-state index contributed by atoms with van der Waals surface area (Å²) in [5, 5.41) is 0. The Morgan fingerprint density at radius 3 is 0.979 bits per heavy atom. The van der Waals surface area contributed by atoms with Crippen molar-refractivity contribution < 1.29 is 4.57 Å². The highest BCUT2D eigenvalue weighted by Gasteiger charge is 2.25. The highest BCUT2D eigenvalue weighted by atomic mass is 15.1. The average molecular weight is 672 g/mol. The maximum absolute atomic E-state index is 3.77. The Morgan fingerprint density at radius 1 is 0.396 bits per heavy atom. The fraction of sp³-hybridized carbons (Fsp3) is 0.935. The molecule has 1 aromatic rings. The van der Waals surface area contributed by atoms with Crippen LogP contribution in [0.3, 0.4) is 0 Å². The van der Waals surface area contributed by atoms with Crippen LogP contribution in [0, 0.1) is 0 Å². The first kappa shape index (κ1) is 45.2. The molecule has 48 heavy (non-hydrogen) atoms. The zero-order chi connectivity index (χ0) is 34.6. The van der Waals surface area contributed by atoms with Crippen molar-refractivity contribution in [3.05, 3.63) is 18.2 Å². The van der Waals surface area contributed by atoms with E-state index in [9.17, 15) is 0 Å². The molecule has 0 aromatic carbocycles. The van der Waals surface area contributed by atoms with E-state index in [0.717, 1.165) is 0 Å². The predicted molar refractivity (Wildman–Crippen MR) is 216 cm³/mol. The van der Waals surface area contributed by atoms with Crippen LogP contribution in [-0.2, 0) is 0 Å². The van der Waals surface area contributed by atoms with Gasteiger partial charge in [-0.2, -0.15) is 0 Å². The number of rotatable bonds is 39. The van der Waals surface area contributed by atoms with Crippen molar-refractivity contribution in [1.82, 2.24) is 4.98 Å². The molecule has 1 rings (SSSR count). The molecule has 0 fully saturated rings. The number of nitrogens with one attached hydrogen (secondary N) is 1. The van der Waals surface area contributed by atoms with Crippen LogP contribution in [-0.4, -0.2) is 4.98 Å². The van der Waals surface area contributed by atoms with Gasteiger partial charge in [0.15, 0.2) is 0 Å². The average Bonchev–Trinajstić information content (AvgIpc) is 3.59. The molecule has 0 radical (unpaired) electrons. The lowest BCUT2D eigenvalue weighted by atomic mass is 9.92. The van der Waals surface area contributed by atoms with E-state index >= 15 is 0 Å². The van der Waals surface area contributed by atoms with Gasteiger partial charge in [0.1, 0.15) is 12.4 Å². The van der Waals surface area contributed by atoms with Gasteiger partial charge in [-0.15, -0.1) is 0 Å². The maximum Gasteiger partial charge on any atom is 0.257 e. The quantitative estimate of drug-likeness (QED) is 0.0531. The molecule has 0 aliphatic rings. The lowest BCUT2D eigenvalue weighted by Crippen LogP contribution is -2.41. The summed E-state index contributed by atoms with van der Waals surface area (Å²) in [5.41, 5.74) is 0. The summed E-state index contributed by atoms with van der Waals surface area (Å²) in [6.07, 6.45) is 57.6. The number of nitrogens with zero attached hydrogens (tertiary/aromatic N) is 1. The molecule has 0 amide bonds. The van der Waals surface area contributed by atoms with Crippen LogP contribution in [0.15, 0.2) is 12.4 Å². The van der Waals surface area contributed by atoms with Gasteiger partial charge in [-0.05, 0) is 32.6 Å². The molecule has 2 atom stereocenters. The Morgan fingerprint density at radius 2 is 0.667 bits per heavy atom. The third-order valence-corrected chi connectivity index (χ3v) is 11.4. The maximum atomic E-state index is 3.77. The van der Waals surface area contributed by atoms with E-state index in [2.05, 4.69) is 49.6 Å². The van der Waals surface area contributed by atoms with Crippen LogP contribution in [0.5, 0.6) is 0 Å². The Kier molecular flexibility index (Phi) is 33.9. The van der Waals surface area contributed by atoms with E-state index in [1.165, 1.54) is 238 Å². The molecule has 0 aliphatic heterocycles. The van der Waals surface area contributed by atoms with E-state index < -0.39 is 0 Å². The number of hydrogen-bond acceptors (Lipinski definition) is 0. The van der Waals surface area contributed by atoms with Crippen LogP contribution >= 0.6 is 0 Å². The molecular formula is C46H91N2+. The Hall–Kier alpha value is -0.790. The minimum absolute atomic E-state index is 0.618. The summed E-state index contributed by atoms with van der Waals surface area (Å²) in [6.45, 7) is 9.43. The molecule has 0 saturated carbocycles.